The van der Waals surface area contributed by atoms with Crippen LogP contribution in [0.3, 0.4) is 0 Å². The van der Waals surface area contributed by atoms with Crippen LogP contribution in [0.4, 0.5) is 10.8 Å². The lowest BCUT2D eigenvalue weighted by Gasteiger charge is -2.23. The first kappa shape index (κ1) is 18.8. The second-order valence-corrected chi connectivity index (χ2v) is 7.60. The minimum absolute atomic E-state index is 0.101. The molecule has 1 heterocycles. The number of rotatable bonds is 5. The largest absolute Gasteiger partial charge is 0.326 e. The van der Waals surface area contributed by atoms with E-state index in [1.54, 1.807) is 0 Å². The molecule has 3 aromatic rings. The number of nitrogens with one attached hydrogen (secondary N) is 2. The Balaban J connectivity index is 1.72. The van der Waals surface area contributed by atoms with Crippen molar-refractivity contribution in [1.29, 1.82) is 0 Å². The summed E-state index contributed by atoms with van der Waals surface area (Å²) < 4.78 is 0. The Labute approximate surface area is 162 Å². The van der Waals surface area contributed by atoms with Crippen molar-refractivity contribution < 1.29 is 9.59 Å². The molecule has 2 amide bonds. The van der Waals surface area contributed by atoms with Crippen molar-refractivity contribution in [3.05, 3.63) is 65.5 Å². The highest BCUT2D eigenvalue weighted by Crippen LogP contribution is 2.29. The van der Waals surface area contributed by atoms with Crippen LogP contribution in [0.15, 0.2) is 60.0 Å². The summed E-state index contributed by atoms with van der Waals surface area (Å²) >= 11 is 1.39. The molecule has 5 nitrogen and oxygen atoms in total. The Morgan fingerprint density at radius 3 is 2.26 bits per heavy atom. The van der Waals surface area contributed by atoms with E-state index in [9.17, 15) is 9.59 Å². The number of amides is 2. The molecule has 0 unspecified atom stereocenters. The zero-order valence-corrected chi connectivity index (χ0v) is 16.3. The average Bonchev–Trinajstić information content (AvgIpc) is 3.11. The third-order valence-corrected chi connectivity index (χ3v) is 5.05. The normalized spacial score (nSPS) is 11.1. The SMILES string of the molecule is CC(=O)Nc1ccc(-c2csc(NC(=O)C(C)(C)c3ccccc3)n2)cc1. The molecule has 1 aromatic heterocycles. The van der Waals surface area contributed by atoms with Crippen molar-refractivity contribution >= 4 is 34.0 Å². The molecule has 3 rings (SSSR count). The van der Waals surface area contributed by atoms with Crippen LogP contribution in [0.25, 0.3) is 11.3 Å². The average molecular weight is 379 g/mol. The highest BCUT2D eigenvalue weighted by Gasteiger charge is 2.30. The van der Waals surface area contributed by atoms with Gasteiger partial charge in [-0.2, -0.15) is 0 Å². The molecule has 6 heteroatoms. The number of benzene rings is 2. The van der Waals surface area contributed by atoms with Gasteiger partial charge in [0, 0.05) is 23.6 Å². The van der Waals surface area contributed by atoms with Gasteiger partial charge in [-0.05, 0) is 31.5 Å². The number of hydrogen-bond donors (Lipinski definition) is 2. The van der Waals surface area contributed by atoms with Crippen molar-refractivity contribution in [2.75, 3.05) is 10.6 Å². The van der Waals surface area contributed by atoms with Crippen molar-refractivity contribution in [3.8, 4) is 11.3 Å². The molecular weight excluding hydrogens is 358 g/mol. The Kier molecular flexibility index (Phi) is 5.37. The van der Waals surface area contributed by atoms with Crippen LogP contribution in [0.1, 0.15) is 26.3 Å². The summed E-state index contributed by atoms with van der Waals surface area (Å²) in [6.07, 6.45) is 0. The van der Waals surface area contributed by atoms with Crippen LogP contribution in [-0.2, 0) is 15.0 Å². The van der Waals surface area contributed by atoms with Gasteiger partial charge in [0.15, 0.2) is 5.13 Å². The summed E-state index contributed by atoms with van der Waals surface area (Å²) in [6.45, 7) is 5.26. The van der Waals surface area contributed by atoms with Crippen LogP contribution in [0.5, 0.6) is 0 Å². The smallest absolute Gasteiger partial charge is 0.236 e. The third-order valence-electron chi connectivity index (χ3n) is 4.29. The molecule has 138 valence electrons. The number of aromatic nitrogens is 1. The second-order valence-electron chi connectivity index (χ2n) is 6.74. The predicted octanol–water partition coefficient (Wildman–Crippen LogP) is 4.68. The number of nitrogens with zero attached hydrogens (tertiary/aromatic N) is 1. The molecule has 0 atom stereocenters. The van der Waals surface area contributed by atoms with E-state index in [1.165, 1.54) is 18.3 Å². The topological polar surface area (TPSA) is 71.1 Å². The van der Waals surface area contributed by atoms with Gasteiger partial charge in [-0.3, -0.25) is 9.59 Å². The molecule has 0 aliphatic heterocycles. The number of anilines is 2. The Bertz CT molecular complexity index is 947. The van der Waals surface area contributed by atoms with Crippen molar-refractivity contribution in [1.82, 2.24) is 4.98 Å². The lowest BCUT2D eigenvalue weighted by atomic mass is 9.84. The molecule has 0 saturated heterocycles. The van der Waals surface area contributed by atoms with E-state index in [1.807, 2.05) is 73.8 Å². The summed E-state index contributed by atoms with van der Waals surface area (Å²) in [5.74, 6) is -0.210. The van der Waals surface area contributed by atoms with Gasteiger partial charge in [0.2, 0.25) is 11.8 Å². The van der Waals surface area contributed by atoms with Crippen LogP contribution >= 0.6 is 11.3 Å². The van der Waals surface area contributed by atoms with E-state index in [-0.39, 0.29) is 11.8 Å². The quantitative estimate of drug-likeness (QED) is 0.676. The lowest BCUT2D eigenvalue weighted by Crippen LogP contribution is -2.34. The second kappa shape index (κ2) is 7.72. The summed E-state index contributed by atoms with van der Waals surface area (Å²) in [7, 11) is 0. The third kappa shape index (κ3) is 4.41. The van der Waals surface area contributed by atoms with Crippen LogP contribution in [-0.4, -0.2) is 16.8 Å². The molecule has 0 spiro atoms. The Hall–Kier alpha value is -2.99. The summed E-state index contributed by atoms with van der Waals surface area (Å²) in [5.41, 5.74) is 2.73. The van der Waals surface area contributed by atoms with Gasteiger partial charge in [0.1, 0.15) is 0 Å². The Morgan fingerprint density at radius 1 is 0.963 bits per heavy atom. The highest BCUT2D eigenvalue weighted by atomic mass is 32.1. The monoisotopic (exact) mass is 379 g/mol. The maximum atomic E-state index is 12.7. The van der Waals surface area contributed by atoms with Crippen LogP contribution in [0.2, 0.25) is 0 Å². The van der Waals surface area contributed by atoms with Crippen molar-refractivity contribution in [2.45, 2.75) is 26.2 Å². The predicted molar refractivity (Wildman–Crippen MR) is 110 cm³/mol. The van der Waals surface area contributed by atoms with Crippen LogP contribution < -0.4 is 10.6 Å². The molecule has 0 fully saturated rings. The fraction of sp³-hybridized carbons (Fsp3) is 0.190. The molecule has 0 saturated carbocycles. The van der Waals surface area contributed by atoms with Gasteiger partial charge >= 0.3 is 0 Å². The maximum absolute atomic E-state index is 12.7. The Morgan fingerprint density at radius 2 is 1.63 bits per heavy atom. The first-order valence-corrected chi connectivity index (χ1v) is 9.45. The molecule has 27 heavy (non-hydrogen) atoms. The maximum Gasteiger partial charge on any atom is 0.236 e. The standard InChI is InChI=1S/C21H21N3O2S/c1-14(25)22-17-11-9-15(10-12-17)18-13-27-20(23-18)24-19(26)21(2,3)16-7-5-4-6-8-16/h4-13H,1-3H3,(H,22,25)(H,23,24,26). The van der Waals surface area contributed by atoms with Gasteiger partial charge < -0.3 is 10.6 Å². The van der Waals surface area contributed by atoms with E-state index >= 15 is 0 Å². The molecule has 0 aliphatic carbocycles. The molecular formula is C21H21N3O2S. The molecule has 0 aliphatic rings. The number of carbonyl (C=O) groups is 2. The first-order valence-electron chi connectivity index (χ1n) is 8.57. The van der Waals surface area contributed by atoms with Gasteiger partial charge in [-0.25, -0.2) is 4.98 Å². The summed E-state index contributed by atoms with van der Waals surface area (Å²) in [6, 6.07) is 17.1. The van der Waals surface area contributed by atoms with E-state index in [0.717, 1.165) is 22.5 Å². The van der Waals surface area contributed by atoms with Crippen LogP contribution in [0, 0.1) is 0 Å². The van der Waals surface area contributed by atoms with E-state index in [4.69, 9.17) is 0 Å². The zero-order chi connectivity index (χ0) is 19.4. The zero-order valence-electron chi connectivity index (χ0n) is 15.4. The first-order chi connectivity index (χ1) is 12.9. The van der Waals surface area contributed by atoms with E-state index in [2.05, 4.69) is 15.6 Å². The number of hydrogen-bond acceptors (Lipinski definition) is 4. The van der Waals surface area contributed by atoms with Gasteiger partial charge in [-0.15, -0.1) is 11.3 Å². The van der Waals surface area contributed by atoms with E-state index in [0.29, 0.717) is 5.13 Å². The fourth-order valence-corrected chi connectivity index (χ4v) is 3.35. The summed E-state index contributed by atoms with van der Waals surface area (Å²) in [5, 5.41) is 8.11. The minimum atomic E-state index is -0.660. The van der Waals surface area contributed by atoms with Gasteiger partial charge in [-0.1, -0.05) is 42.5 Å². The van der Waals surface area contributed by atoms with Crippen molar-refractivity contribution in [3.63, 3.8) is 0 Å². The minimum Gasteiger partial charge on any atom is -0.326 e. The van der Waals surface area contributed by atoms with Gasteiger partial charge in [0.25, 0.3) is 0 Å². The molecule has 0 radical (unpaired) electrons. The van der Waals surface area contributed by atoms with Crippen molar-refractivity contribution in [2.24, 2.45) is 0 Å². The lowest BCUT2D eigenvalue weighted by molar-refractivity contribution is -0.120. The molecule has 2 N–H and O–H groups in total. The number of carbonyl (C=O) groups excluding carboxylic acids is 2. The highest BCUT2D eigenvalue weighted by molar-refractivity contribution is 7.14. The number of thiazole rings is 1. The molecule has 2 aromatic carbocycles. The fourth-order valence-electron chi connectivity index (χ4n) is 2.63. The van der Waals surface area contributed by atoms with E-state index < -0.39 is 5.41 Å². The van der Waals surface area contributed by atoms with Gasteiger partial charge in [0.05, 0.1) is 11.1 Å². The molecule has 0 bridgehead atoms. The summed E-state index contributed by atoms with van der Waals surface area (Å²) in [4.78, 5) is 28.4.